The molecule has 26 heavy (non-hydrogen) atoms. The first-order valence-electron chi connectivity index (χ1n) is 9.73. The summed E-state index contributed by atoms with van der Waals surface area (Å²) < 4.78 is 20.5. The third kappa shape index (κ3) is 7.93. The van der Waals surface area contributed by atoms with Gasteiger partial charge in [-0.1, -0.05) is 38.5 Å². The molecular formula is C20H30O6. The van der Waals surface area contributed by atoms with Crippen LogP contribution in [0.2, 0.25) is 0 Å². The minimum atomic E-state index is -0.243. The van der Waals surface area contributed by atoms with E-state index in [0.717, 1.165) is 25.7 Å². The SMILES string of the molecule is O=C1OCCC1=COCCCCCCCCCCOC=C1CCOC1=O. The molecule has 0 unspecified atom stereocenters. The number of carbonyl (C=O) groups is 2. The summed E-state index contributed by atoms with van der Waals surface area (Å²) in [5, 5.41) is 0. The van der Waals surface area contributed by atoms with Crippen LogP contribution < -0.4 is 0 Å². The van der Waals surface area contributed by atoms with Crippen LogP contribution in [0.25, 0.3) is 0 Å². The lowest BCUT2D eigenvalue weighted by Crippen LogP contribution is -1.97. The van der Waals surface area contributed by atoms with Crippen LogP contribution in [0.3, 0.4) is 0 Å². The number of esters is 2. The van der Waals surface area contributed by atoms with Crippen LogP contribution in [-0.4, -0.2) is 38.4 Å². The van der Waals surface area contributed by atoms with Gasteiger partial charge < -0.3 is 18.9 Å². The van der Waals surface area contributed by atoms with Crippen molar-refractivity contribution in [3.63, 3.8) is 0 Å². The molecule has 6 nitrogen and oxygen atoms in total. The van der Waals surface area contributed by atoms with E-state index in [4.69, 9.17) is 18.9 Å². The van der Waals surface area contributed by atoms with Crippen LogP contribution >= 0.6 is 0 Å². The fourth-order valence-electron chi connectivity index (χ4n) is 2.86. The maximum Gasteiger partial charge on any atom is 0.337 e. The molecule has 2 fully saturated rings. The molecule has 146 valence electrons. The Hall–Kier alpha value is -1.98. The highest BCUT2D eigenvalue weighted by Crippen LogP contribution is 2.14. The maximum atomic E-state index is 11.2. The van der Waals surface area contributed by atoms with Crippen molar-refractivity contribution in [2.45, 2.75) is 64.2 Å². The molecule has 0 atom stereocenters. The lowest BCUT2D eigenvalue weighted by Gasteiger charge is -2.04. The van der Waals surface area contributed by atoms with Gasteiger partial charge in [-0.3, -0.25) is 0 Å². The second-order valence-corrected chi connectivity index (χ2v) is 6.63. The van der Waals surface area contributed by atoms with Crippen LogP contribution in [0.15, 0.2) is 23.7 Å². The van der Waals surface area contributed by atoms with Crippen LogP contribution in [-0.2, 0) is 28.5 Å². The van der Waals surface area contributed by atoms with Crippen LogP contribution in [0.5, 0.6) is 0 Å². The Morgan fingerprint density at radius 2 is 1.04 bits per heavy atom. The zero-order valence-electron chi connectivity index (χ0n) is 15.5. The first-order valence-corrected chi connectivity index (χ1v) is 9.73. The number of cyclic esters (lactones) is 2. The molecule has 0 bridgehead atoms. The maximum absolute atomic E-state index is 11.2. The van der Waals surface area contributed by atoms with E-state index in [1.165, 1.54) is 25.7 Å². The highest BCUT2D eigenvalue weighted by Gasteiger charge is 2.19. The molecule has 2 heterocycles. The van der Waals surface area contributed by atoms with Crippen molar-refractivity contribution in [3.8, 4) is 0 Å². The molecule has 0 aromatic heterocycles. The van der Waals surface area contributed by atoms with Gasteiger partial charge in [0.05, 0.1) is 50.1 Å². The van der Waals surface area contributed by atoms with Crippen LogP contribution in [0.4, 0.5) is 0 Å². The highest BCUT2D eigenvalue weighted by molar-refractivity contribution is 5.90. The molecule has 0 spiro atoms. The second kappa shape index (κ2) is 12.4. The van der Waals surface area contributed by atoms with E-state index in [9.17, 15) is 9.59 Å². The summed E-state index contributed by atoms with van der Waals surface area (Å²) in [6.07, 6.45) is 13.7. The fraction of sp³-hybridized carbons (Fsp3) is 0.700. The minimum Gasteiger partial charge on any atom is -0.501 e. The third-order valence-electron chi connectivity index (χ3n) is 4.46. The average Bonchev–Trinajstić information content (AvgIpc) is 3.23. The predicted molar refractivity (Wildman–Crippen MR) is 96.2 cm³/mol. The molecule has 2 aliphatic rings. The molecule has 0 saturated carbocycles. The van der Waals surface area contributed by atoms with E-state index in [0.29, 0.717) is 50.4 Å². The number of unbranched alkanes of at least 4 members (excludes halogenated alkanes) is 7. The van der Waals surface area contributed by atoms with Crippen molar-refractivity contribution >= 4 is 11.9 Å². The average molecular weight is 366 g/mol. The molecule has 0 N–H and O–H groups in total. The van der Waals surface area contributed by atoms with Crippen LogP contribution in [0, 0.1) is 0 Å². The highest BCUT2D eigenvalue weighted by atomic mass is 16.5. The predicted octanol–water partition coefficient (Wildman–Crippen LogP) is 3.80. The summed E-state index contributed by atoms with van der Waals surface area (Å²) in [5.41, 5.74) is 1.29. The zero-order valence-corrected chi connectivity index (χ0v) is 15.5. The molecule has 0 aromatic rings. The Labute approximate surface area is 155 Å². The van der Waals surface area contributed by atoms with Crippen molar-refractivity contribution in [1.29, 1.82) is 0 Å². The Morgan fingerprint density at radius 3 is 1.38 bits per heavy atom. The van der Waals surface area contributed by atoms with E-state index >= 15 is 0 Å². The summed E-state index contributed by atoms with van der Waals surface area (Å²) in [4.78, 5) is 22.4. The molecule has 0 aliphatic carbocycles. The minimum absolute atomic E-state index is 0.243. The number of rotatable bonds is 13. The van der Waals surface area contributed by atoms with Gasteiger partial charge in [0, 0.05) is 12.8 Å². The van der Waals surface area contributed by atoms with Crippen molar-refractivity contribution in [2.24, 2.45) is 0 Å². The summed E-state index contributed by atoms with van der Waals surface area (Å²) in [6.45, 7) is 2.29. The van der Waals surface area contributed by atoms with Gasteiger partial charge in [0.1, 0.15) is 0 Å². The van der Waals surface area contributed by atoms with E-state index in [2.05, 4.69) is 0 Å². The molecule has 0 amide bonds. The monoisotopic (exact) mass is 366 g/mol. The second-order valence-electron chi connectivity index (χ2n) is 6.63. The lowest BCUT2D eigenvalue weighted by molar-refractivity contribution is -0.136. The number of carbonyl (C=O) groups excluding carboxylic acids is 2. The Kier molecular flexibility index (Phi) is 9.69. The molecule has 0 aromatic carbocycles. The summed E-state index contributed by atoms with van der Waals surface area (Å²) >= 11 is 0. The number of hydrogen-bond donors (Lipinski definition) is 0. The van der Waals surface area contributed by atoms with Crippen LogP contribution in [0.1, 0.15) is 64.2 Å². The number of hydrogen-bond acceptors (Lipinski definition) is 6. The van der Waals surface area contributed by atoms with Crippen molar-refractivity contribution in [2.75, 3.05) is 26.4 Å². The van der Waals surface area contributed by atoms with E-state index in [1.807, 2.05) is 0 Å². The molecule has 2 aliphatic heterocycles. The fourth-order valence-corrected chi connectivity index (χ4v) is 2.86. The molecule has 6 heteroatoms. The summed E-state index contributed by atoms with van der Waals surface area (Å²) in [5.74, 6) is -0.485. The van der Waals surface area contributed by atoms with Gasteiger partial charge in [0.2, 0.25) is 0 Å². The third-order valence-corrected chi connectivity index (χ3v) is 4.46. The van der Waals surface area contributed by atoms with E-state index < -0.39 is 0 Å². The Morgan fingerprint density at radius 1 is 0.654 bits per heavy atom. The zero-order chi connectivity index (χ0) is 18.5. The van der Waals surface area contributed by atoms with Gasteiger partial charge in [-0.2, -0.15) is 0 Å². The smallest absolute Gasteiger partial charge is 0.337 e. The van der Waals surface area contributed by atoms with Crippen molar-refractivity contribution in [3.05, 3.63) is 23.7 Å². The topological polar surface area (TPSA) is 71.1 Å². The quantitative estimate of drug-likeness (QED) is 0.214. The molecule has 0 radical (unpaired) electrons. The first kappa shape index (κ1) is 20.3. The largest absolute Gasteiger partial charge is 0.501 e. The van der Waals surface area contributed by atoms with Gasteiger partial charge in [0.15, 0.2) is 0 Å². The number of ether oxygens (including phenoxy) is 4. The van der Waals surface area contributed by atoms with Crippen molar-refractivity contribution in [1.82, 2.24) is 0 Å². The van der Waals surface area contributed by atoms with E-state index in [1.54, 1.807) is 12.5 Å². The van der Waals surface area contributed by atoms with Gasteiger partial charge in [-0.05, 0) is 12.8 Å². The standard InChI is InChI=1S/C20H30O6/c21-19-17(9-13-25-19)15-23-11-7-5-3-1-2-4-6-8-12-24-16-18-10-14-26-20(18)22/h15-16H,1-14H2. The first-order chi connectivity index (χ1) is 12.8. The van der Waals surface area contributed by atoms with Gasteiger partial charge >= 0.3 is 11.9 Å². The Bertz CT molecular complexity index is 462. The molecule has 2 saturated heterocycles. The molecule has 2 rings (SSSR count). The van der Waals surface area contributed by atoms with Gasteiger partial charge in [0.25, 0.3) is 0 Å². The Balaban J connectivity index is 1.31. The normalized spacial score (nSPS) is 19.8. The van der Waals surface area contributed by atoms with E-state index in [-0.39, 0.29) is 11.9 Å². The lowest BCUT2D eigenvalue weighted by atomic mass is 10.1. The summed E-state index contributed by atoms with van der Waals surface area (Å²) in [6, 6.07) is 0. The summed E-state index contributed by atoms with van der Waals surface area (Å²) in [7, 11) is 0. The van der Waals surface area contributed by atoms with Gasteiger partial charge in [-0.25, -0.2) is 9.59 Å². The van der Waals surface area contributed by atoms with Crippen molar-refractivity contribution < 1.29 is 28.5 Å². The van der Waals surface area contributed by atoms with Gasteiger partial charge in [-0.15, -0.1) is 0 Å². The molecular weight excluding hydrogens is 336 g/mol.